The van der Waals surface area contributed by atoms with Gasteiger partial charge < -0.3 is 0 Å². The van der Waals surface area contributed by atoms with Gasteiger partial charge in [-0.15, -0.1) is 0 Å². The van der Waals surface area contributed by atoms with E-state index < -0.39 is 0 Å². The number of rotatable bonds is 2. The molecule has 0 N–H and O–H groups in total. The van der Waals surface area contributed by atoms with Crippen LogP contribution in [-0.4, -0.2) is 17.3 Å². The molecular formula is C23H34O3. The van der Waals surface area contributed by atoms with Crippen LogP contribution in [0.3, 0.4) is 0 Å². The normalized spacial score (nSPS) is 49.4. The second kappa shape index (κ2) is 6.01. The molecule has 0 spiro atoms. The molecule has 4 saturated carbocycles. The Morgan fingerprint density at radius 1 is 1.04 bits per heavy atom. The third kappa shape index (κ3) is 2.27. The second-order valence-corrected chi connectivity index (χ2v) is 10.3. The Bertz CT molecular complexity index is 652. The van der Waals surface area contributed by atoms with Crippen molar-refractivity contribution in [1.82, 2.24) is 0 Å². The Hall–Kier alpha value is -0.990. The number of hydrogen-bond acceptors (Lipinski definition) is 3. The molecule has 0 aromatic carbocycles. The van der Waals surface area contributed by atoms with Gasteiger partial charge in [0.15, 0.2) is 0 Å². The van der Waals surface area contributed by atoms with Crippen molar-refractivity contribution in [1.29, 1.82) is 0 Å². The largest absolute Gasteiger partial charge is 0.300 e. The summed E-state index contributed by atoms with van der Waals surface area (Å²) in [4.78, 5) is 38.7. The Labute approximate surface area is 157 Å². The van der Waals surface area contributed by atoms with Crippen LogP contribution in [0, 0.1) is 46.3 Å². The van der Waals surface area contributed by atoms with Gasteiger partial charge in [-0.05, 0) is 54.3 Å². The summed E-state index contributed by atoms with van der Waals surface area (Å²) in [7, 11) is 0. The van der Waals surface area contributed by atoms with Gasteiger partial charge in [0.05, 0.1) is 0 Å². The number of carbonyl (C=O) groups excluding carboxylic acids is 3. The van der Waals surface area contributed by atoms with Gasteiger partial charge in [0.25, 0.3) is 0 Å². The molecule has 3 heteroatoms. The van der Waals surface area contributed by atoms with Crippen LogP contribution in [0.2, 0.25) is 0 Å². The second-order valence-electron chi connectivity index (χ2n) is 10.3. The van der Waals surface area contributed by atoms with Crippen LogP contribution in [0.5, 0.6) is 0 Å². The average molecular weight is 359 g/mol. The highest BCUT2D eigenvalue weighted by Gasteiger charge is 2.66. The molecule has 4 aliphatic carbocycles. The van der Waals surface area contributed by atoms with Crippen molar-refractivity contribution in [2.45, 2.75) is 79.1 Å². The minimum absolute atomic E-state index is 0.00205. The van der Waals surface area contributed by atoms with Gasteiger partial charge in [-0.2, -0.15) is 0 Å². The maximum Gasteiger partial charge on any atom is 0.139 e. The minimum atomic E-state index is -0.306. The van der Waals surface area contributed by atoms with Crippen molar-refractivity contribution in [3.63, 3.8) is 0 Å². The Kier molecular flexibility index (Phi) is 4.24. The number of hydrogen-bond donors (Lipinski definition) is 0. The Morgan fingerprint density at radius 3 is 2.46 bits per heavy atom. The first-order valence-electron chi connectivity index (χ1n) is 10.8. The fourth-order valence-corrected chi connectivity index (χ4v) is 7.67. The molecule has 0 aromatic heterocycles. The van der Waals surface area contributed by atoms with Crippen LogP contribution in [-0.2, 0) is 14.4 Å². The number of carbonyl (C=O) groups is 3. The van der Waals surface area contributed by atoms with Crippen molar-refractivity contribution in [3.8, 4) is 0 Å². The first kappa shape index (κ1) is 18.4. The molecule has 1 unspecified atom stereocenters. The number of ketones is 3. The van der Waals surface area contributed by atoms with Crippen molar-refractivity contribution < 1.29 is 14.4 Å². The number of Topliss-reactive ketones (excluding diaryl/α,β-unsaturated/α-hetero) is 3. The monoisotopic (exact) mass is 358 g/mol. The van der Waals surface area contributed by atoms with Crippen LogP contribution >= 0.6 is 0 Å². The molecule has 0 aliphatic heterocycles. The Morgan fingerprint density at radius 2 is 1.77 bits per heavy atom. The van der Waals surface area contributed by atoms with E-state index in [-0.39, 0.29) is 34.5 Å². The van der Waals surface area contributed by atoms with E-state index >= 15 is 0 Å². The highest BCUT2D eigenvalue weighted by molar-refractivity contribution is 5.93. The molecule has 0 bridgehead atoms. The summed E-state index contributed by atoms with van der Waals surface area (Å²) in [6.45, 7) is 8.97. The standard InChI is InChI=1S/C23H34O3/c1-5-13(2)16-6-7-17-21-18(12-20(26)23(16,17)4)22(3)9-8-15(24)10-14(22)11-19(21)25/h13-14,16-18,21H,5-12H2,1-4H3/t13-,14?,16-,17+,18+,21+,22+,23-/m1/s1. The molecular weight excluding hydrogens is 324 g/mol. The number of fused-ring (bicyclic) bond motifs is 5. The van der Waals surface area contributed by atoms with Crippen LogP contribution in [0.1, 0.15) is 79.1 Å². The van der Waals surface area contributed by atoms with E-state index in [2.05, 4.69) is 27.7 Å². The molecule has 0 heterocycles. The summed E-state index contributed by atoms with van der Waals surface area (Å²) in [6, 6.07) is 0. The van der Waals surface area contributed by atoms with E-state index in [0.717, 1.165) is 25.7 Å². The summed E-state index contributed by atoms with van der Waals surface area (Å²) in [5.41, 5.74) is -0.308. The van der Waals surface area contributed by atoms with Crippen LogP contribution < -0.4 is 0 Å². The molecule has 4 aliphatic rings. The summed E-state index contributed by atoms with van der Waals surface area (Å²) in [5.74, 6) is 2.68. The predicted molar refractivity (Wildman–Crippen MR) is 100 cm³/mol. The van der Waals surface area contributed by atoms with E-state index in [0.29, 0.717) is 54.9 Å². The quantitative estimate of drug-likeness (QED) is 0.724. The smallest absolute Gasteiger partial charge is 0.139 e. The third-order valence-electron chi connectivity index (χ3n) is 9.55. The van der Waals surface area contributed by atoms with Gasteiger partial charge in [0, 0.05) is 37.0 Å². The van der Waals surface area contributed by atoms with Gasteiger partial charge in [0.1, 0.15) is 17.3 Å². The summed E-state index contributed by atoms with van der Waals surface area (Å²) >= 11 is 0. The zero-order valence-electron chi connectivity index (χ0n) is 16.8. The van der Waals surface area contributed by atoms with Crippen molar-refractivity contribution in [2.75, 3.05) is 0 Å². The van der Waals surface area contributed by atoms with Crippen molar-refractivity contribution >= 4 is 17.3 Å². The van der Waals surface area contributed by atoms with E-state index in [1.165, 1.54) is 0 Å². The maximum absolute atomic E-state index is 13.5. The zero-order valence-corrected chi connectivity index (χ0v) is 16.8. The van der Waals surface area contributed by atoms with Gasteiger partial charge in [-0.1, -0.05) is 34.1 Å². The first-order valence-corrected chi connectivity index (χ1v) is 10.8. The van der Waals surface area contributed by atoms with Gasteiger partial charge >= 0.3 is 0 Å². The lowest BCUT2D eigenvalue weighted by atomic mass is 9.44. The first-order chi connectivity index (χ1) is 12.2. The highest BCUT2D eigenvalue weighted by atomic mass is 16.1. The van der Waals surface area contributed by atoms with Gasteiger partial charge in [-0.3, -0.25) is 14.4 Å². The molecule has 0 radical (unpaired) electrons. The maximum atomic E-state index is 13.5. The molecule has 8 atom stereocenters. The molecule has 0 aromatic rings. The predicted octanol–water partition coefficient (Wildman–Crippen LogP) is 4.62. The SMILES string of the molecule is CC[C@@H](C)[C@H]1CC[C@H]2[C@@H]3C(=O)CC4CC(=O)CC[C@]4(C)[C@H]3CC(=O)[C@]12C. The van der Waals surface area contributed by atoms with Gasteiger partial charge in [0.2, 0.25) is 0 Å². The van der Waals surface area contributed by atoms with Crippen LogP contribution in [0.4, 0.5) is 0 Å². The van der Waals surface area contributed by atoms with Crippen molar-refractivity contribution in [2.24, 2.45) is 46.3 Å². The molecule has 3 nitrogen and oxygen atoms in total. The molecule has 144 valence electrons. The lowest BCUT2D eigenvalue weighted by Gasteiger charge is -2.58. The molecule has 4 rings (SSSR count). The zero-order chi connectivity index (χ0) is 18.9. The third-order valence-corrected chi connectivity index (χ3v) is 9.55. The van der Waals surface area contributed by atoms with E-state index in [4.69, 9.17) is 0 Å². The summed E-state index contributed by atoms with van der Waals surface area (Å²) in [5, 5.41) is 0. The highest BCUT2D eigenvalue weighted by Crippen LogP contribution is 2.66. The molecule has 0 saturated heterocycles. The van der Waals surface area contributed by atoms with Crippen LogP contribution in [0.25, 0.3) is 0 Å². The lowest BCUT2D eigenvalue weighted by molar-refractivity contribution is -0.166. The lowest BCUT2D eigenvalue weighted by Crippen LogP contribution is -2.60. The molecule has 4 fully saturated rings. The summed E-state index contributed by atoms with van der Waals surface area (Å²) in [6.07, 6.45) is 6.42. The van der Waals surface area contributed by atoms with E-state index in [1.54, 1.807) is 0 Å². The van der Waals surface area contributed by atoms with Crippen molar-refractivity contribution in [3.05, 3.63) is 0 Å². The topological polar surface area (TPSA) is 51.2 Å². The van der Waals surface area contributed by atoms with E-state index in [9.17, 15) is 14.4 Å². The van der Waals surface area contributed by atoms with Gasteiger partial charge in [-0.25, -0.2) is 0 Å². The van der Waals surface area contributed by atoms with Crippen LogP contribution in [0.15, 0.2) is 0 Å². The Balaban J connectivity index is 1.72. The molecule has 0 amide bonds. The summed E-state index contributed by atoms with van der Waals surface area (Å²) < 4.78 is 0. The fourth-order valence-electron chi connectivity index (χ4n) is 7.67. The molecule has 26 heavy (non-hydrogen) atoms. The minimum Gasteiger partial charge on any atom is -0.300 e. The van der Waals surface area contributed by atoms with E-state index in [1.807, 2.05) is 0 Å². The fraction of sp³-hybridized carbons (Fsp3) is 0.870. The average Bonchev–Trinajstić information content (AvgIpc) is 2.95.